The Balaban J connectivity index is 1.86. The molecule has 0 aliphatic rings. The van der Waals surface area contributed by atoms with E-state index in [-0.39, 0.29) is 6.61 Å². The van der Waals surface area contributed by atoms with Gasteiger partial charge in [0.2, 0.25) is 0 Å². The summed E-state index contributed by atoms with van der Waals surface area (Å²) in [6.45, 7) is 0.162. The fourth-order valence-corrected chi connectivity index (χ4v) is 1.99. The molecule has 3 rings (SSSR count). The molecular formula is C15H14N4O. The van der Waals surface area contributed by atoms with E-state index in [4.69, 9.17) is 5.11 Å². The molecule has 100 valence electrons. The Morgan fingerprint density at radius 1 is 1.00 bits per heavy atom. The lowest BCUT2D eigenvalue weighted by Crippen LogP contribution is -1.96. The van der Waals surface area contributed by atoms with Crippen LogP contribution in [-0.4, -0.2) is 31.7 Å². The summed E-state index contributed by atoms with van der Waals surface area (Å²) < 4.78 is 1.73. The number of benzene rings is 1. The van der Waals surface area contributed by atoms with E-state index in [0.29, 0.717) is 6.42 Å². The van der Waals surface area contributed by atoms with Gasteiger partial charge in [-0.15, -0.1) is 5.10 Å². The molecule has 0 spiro atoms. The summed E-state index contributed by atoms with van der Waals surface area (Å²) >= 11 is 0. The van der Waals surface area contributed by atoms with Crippen LogP contribution in [0.5, 0.6) is 0 Å². The highest BCUT2D eigenvalue weighted by Crippen LogP contribution is 2.16. The zero-order valence-electron chi connectivity index (χ0n) is 10.8. The van der Waals surface area contributed by atoms with Crippen LogP contribution in [-0.2, 0) is 6.42 Å². The van der Waals surface area contributed by atoms with Crippen molar-refractivity contribution in [3.63, 3.8) is 0 Å². The van der Waals surface area contributed by atoms with Gasteiger partial charge in [0, 0.05) is 24.6 Å². The molecule has 20 heavy (non-hydrogen) atoms. The molecule has 5 nitrogen and oxygen atoms in total. The van der Waals surface area contributed by atoms with Crippen LogP contribution in [0.4, 0.5) is 0 Å². The van der Waals surface area contributed by atoms with E-state index < -0.39 is 0 Å². The molecule has 0 atom stereocenters. The largest absolute Gasteiger partial charge is 0.396 e. The Bertz CT molecular complexity index is 677. The van der Waals surface area contributed by atoms with Crippen molar-refractivity contribution < 1.29 is 5.11 Å². The topological polar surface area (TPSA) is 63.8 Å². The highest BCUT2D eigenvalue weighted by molar-refractivity contribution is 5.57. The summed E-state index contributed by atoms with van der Waals surface area (Å²) in [6, 6.07) is 11.7. The van der Waals surface area contributed by atoms with E-state index >= 15 is 0 Å². The van der Waals surface area contributed by atoms with Gasteiger partial charge in [-0.25, -0.2) is 4.68 Å². The third-order valence-electron chi connectivity index (χ3n) is 3.07. The van der Waals surface area contributed by atoms with E-state index in [1.165, 1.54) is 0 Å². The number of aliphatic hydroxyl groups is 1. The Morgan fingerprint density at radius 3 is 2.45 bits per heavy atom. The van der Waals surface area contributed by atoms with Gasteiger partial charge in [-0.3, -0.25) is 4.98 Å². The zero-order chi connectivity index (χ0) is 13.8. The average molecular weight is 266 g/mol. The van der Waals surface area contributed by atoms with Crippen LogP contribution in [0.2, 0.25) is 0 Å². The summed E-state index contributed by atoms with van der Waals surface area (Å²) in [5.41, 5.74) is 3.85. The van der Waals surface area contributed by atoms with Crippen LogP contribution in [0, 0.1) is 0 Å². The molecule has 0 saturated heterocycles. The fraction of sp³-hybridized carbons (Fsp3) is 0.133. The van der Waals surface area contributed by atoms with Gasteiger partial charge in [-0.1, -0.05) is 17.3 Å². The van der Waals surface area contributed by atoms with Crippen molar-refractivity contribution in [2.75, 3.05) is 6.61 Å². The maximum atomic E-state index is 8.90. The minimum Gasteiger partial charge on any atom is -0.396 e. The number of rotatable bonds is 4. The molecule has 0 aliphatic heterocycles. The first-order chi connectivity index (χ1) is 9.86. The van der Waals surface area contributed by atoms with Crippen LogP contribution in [0.3, 0.4) is 0 Å². The van der Waals surface area contributed by atoms with Crippen molar-refractivity contribution in [1.29, 1.82) is 0 Å². The molecule has 0 bridgehead atoms. The molecule has 3 aromatic rings. The third kappa shape index (κ3) is 2.57. The molecule has 1 N–H and O–H groups in total. The maximum absolute atomic E-state index is 8.90. The minimum atomic E-state index is 0.162. The Hall–Kier alpha value is -2.53. The quantitative estimate of drug-likeness (QED) is 0.783. The molecule has 2 heterocycles. The van der Waals surface area contributed by atoms with Crippen LogP contribution in [0.25, 0.3) is 16.9 Å². The van der Waals surface area contributed by atoms with Crippen molar-refractivity contribution >= 4 is 0 Å². The number of hydrogen-bond donors (Lipinski definition) is 1. The first-order valence-electron chi connectivity index (χ1n) is 6.40. The summed E-state index contributed by atoms with van der Waals surface area (Å²) in [5, 5.41) is 17.2. The lowest BCUT2D eigenvalue weighted by Gasteiger charge is -2.02. The van der Waals surface area contributed by atoms with Crippen LogP contribution >= 0.6 is 0 Å². The summed E-state index contributed by atoms with van der Waals surface area (Å²) in [4.78, 5) is 3.99. The normalized spacial score (nSPS) is 10.7. The van der Waals surface area contributed by atoms with E-state index in [1.807, 2.05) is 42.6 Å². The zero-order valence-corrected chi connectivity index (χ0v) is 10.8. The second-order valence-corrected chi connectivity index (χ2v) is 4.42. The Morgan fingerprint density at radius 2 is 1.75 bits per heavy atom. The van der Waals surface area contributed by atoms with Crippen LogP contribution < -0.4 is 0 Å². The van der Waals surface area contributed by atoms with Gasteiger partial charge in [0.05, 0.1) is 11.9 Å². The molecule has 0 radical (unpaired) electrons. The standard InChI is InChI=1S/C15H14N4O/c20-10-7-12-1-3-14(4-2-12)19-11-15(17-18-19)13-5-8-16-9-6-13/h1-6,8-9,11,20H,7,10H2. The number of nitrogens with zero attached hydrogens (tertiary/aromatic N) is 4. The molecular weight excluding hydrogens is 252 g/mol. The highest BCUT2D eigenvalue weighted by Gasteiger charge is 2.05. The average Bonchev–Trinajstić information content (AvgIpc) is 2.99. The summed E-state index contributed by atoms with van der Waals surface area (Å²) in [7, 11) is 0. The predicted molar refractivity (Wildman–Crippen MR) is 75.4 cm³/mol. The molecule has 0 unspecified atom stereocenters. The van der Waals surface area contributed by atoms with Crippen molar-refractivity contribution in [2.45, 2.75) is 6.42 Å². The Kier molecular flexibility index (Phi) is 3.52. The molecule has 0 aliphatic carbocycles. The van der Waals surface area contributed by atoms with Crippen LogP contribution in [0.1, 0.15) is 5.56 Å². The molecule has 2 aromatic heterocycles. The second kappa shape index (κ2) is 5.63. The van der Waals surface area contributed by atoms with E-state index in [9.17, 15) is 0 Å². The van der Waals surface area contributed by atoms with Gasteiger partial charge in [-0.2, -0.15) is 0 Å². The van der Waals surface area contributed by atoms with Crippen LogP contribution in [0.15, 0.2) is 55.0 Å². The highest BCUT2D eigenvalue weighted by atomic mass is 16.2. The molecule has 0 saturated carbocycles. The van der Waals surface area contributed by atoms with Gasteiger partial charge >= 0.3 is 0 Å². The fourth-order valence-electron chi connectivity index (χ4n) is 1.99. The van der Waals surface area contributed by atoms with Gasteiger partial charge in [-0.05, 0) is 36.2 Å². The van der Waals surface area contributed by atoms with E-state index in [1.54, 1.807) is 17.1 Å². The number of aromatic nitrogens is 4. The van der Waals surface area contributed by atoms with Crippen molar-refractivity contribution in [2.24, 2.45) is 0 Å². The van der Waals surface area contributed by atoms with Crippen molar-refractivity contribution in [3.8, 4) is 16.9 Å². The number of hydrogen-bond acceptors (Lipinski definition) is 4. The van der Waals surface area contributed by atoms with Crippen molar-refractivity contribution in [1.82, 2.24) is 20.0 Å². The second-order valence-electron chi connectivity index (χ2n) is 4.42. The van der Waals surface area contributed by atoms with Gasteiger partial charge in [0.15, 0.2) is 0 Å². The minimum absolute atomic E-state index is 0.162. The first-order valence-corrected chi connectivity index (χ1v) is 6.40. The number of aliphatic hydroxyl groups excluding tert-OH is 1. The monoisotopic (exact) mass is 266 g/mol. The van der Waals surface area contributed by atoms with Gasteiger partial charge in [0.25, 0.3) is 0 Å². The summed E-state index contributed by atoms with van der Waals surface area (Å²) in [6.07, 6.45) is 6.02. The molecule has 0 amide bonds. The molecule has 0 fully saturated rings. The number of pyridine rings is 1. The third-order valence-corrected chi connectivity index (χ3v) is 3.07. The Labute approximate surface area is 116 Å². The molecule has 1 aromatic carbocycles. The van der Waals surface area contributed by atoms with Gasteiger partial charge < -0.3 is 5.11 Å². The lowest BCUT2D eigenvalue weighted by atomic mass is 10.1. The van der Waals surface area contributed by atoms with Gasteiger partial charge in [0.1, 0.15) is 5.69 Å². The summed E-state index contributed by atoms with van der Waals surface area (Å²) in [5.74, 6) is 0. The van der Waals surface area contributed by atoms with E-state index in [0.717, 1.165) is 22.5 Å². The predicted octanol–water partition coefficient (Wildman–Crippen LogP) is 1.86. The SMILES string of the molecule is OCCc1ccc(-n2cc(-c3ccncc3)nn2)cc1. The van der Waals surface area contributed by atoms with E-state index in [2.05, 4.69) is 15.3 Å². The maximum Gasteiger partial charge on any atom is 0.113 e. The first kappa shape index (κ1) is 12.5. The lowest BCUT2D eigenvalue weighted by molar-refractivity contribution is 0.299. The molecule has 5 heteroatoms. The smallest absolute Gasteiger partial charge is 0.113 e. The van der Waals surface area contributed by atoms with Crippen molar-refractivity contribution in [3.05, 3.63) is 60.6 Å².